The second-order valence-electron chi connectivity index (χ2n) is 24.5. The Bertz CT molecular complexity index is 3510. The van der Waals surface area contributed by atoms with Crippen molar-refractivity contribution in [3.8, 4) is 40.9 Å². The number of thioether (sulfide) groups is 1. The number of hydrogen-bond donors (Lipinski definition) is 6. The Kier molecular flexibility index (Phi) is 22.0. The normalized spacial score (nSPS) is 36.8. The quantitative estimate of drug-likeness (QED) is 0.0348. The van der Waals surface area contributed by atoms with E-state index >= 15 is 0 Å². The van der Waals surface area contributed by atoms with Gasteiger partial charge >= 0.3 is 6.09 Å². The van der Waals surface area contributed by atoms with Crippen molar-refractivity contribution in [2.24, 2.45) is 5.41 Å². The van der Waals surface area contributed by atoms with Gasteiger partial charge in [-0.05, 0) is 112 Å². The smallest absolute Gasteiger partial charge is 0.415 e. The average molecular weight is 1460 g/mol. The van der Waals surface area contributed by atoms with E-state index in [-0.39, 0.29) is 65.9 Å². The Labute approximate surface area is 564 Å². The zero-order valence-corrected chi connectivity index (χ0v) is 57.4. The number of hydrogen-bond acceptors (Lipinski definition) is 25. The second-order valence-corrected chi connectivity index (χ2v) is 28.8. The number of para-hydroxylation sites is 1. The summed E-state index contributed by atoms with van der Waals surface area (Å²) in [5.74, 6) is 12.9. The highest BCUT2D eigenvalue weighted by Crippen LogP contribution is 2.76. The van der Waals surface area contributed by atoms with Crippen LogP contribution in [-0.2, 0) is 67.6 Å². The van der Waals surface area contributed by atoms with Crippen molar-refractivity contribution in [2.75, 3.05) is 65.5 Å². The first-order valence-electron chi connectivity index (χ1n) is 31.4. The van der Waals surface area contributed by atoms with E-state index in [1.807, 2.05) is 41.6 Å². The molecule has 4 bridgehead atoms. The van der Waals surface area contributed by atoms with Crippen LogP contribution in [0.4, 0.5) is 10.5 Å². The van der Waals surface area contributed by atoms with Gasteiger partial charge in [0.1, 0.15) is 54.4 Å². The molecule has 6 aliphatic heterocycles. The van der Waals surface area contributed by atoms with E-state index in [1.54, 1.807) is 77.3 Å². The molecule has 6 N–H and O–H groups in total. The lowest BCUT2D eigenvalue weighted by Gasteiger charge is -2.49. The van der Waals surface area contributed by atoms with Gasteiger partial charge in [-0.3, -0.25) is 14.5 Å². The second kappa shape index (κ2) is 29.4. The van der Waals surface area contributed by atoms with E-state index in [0.717, 1.165) is 11.8 Å². The van der Waals surface area contributed by atoms with Crippen LogP contribution in [0.1, 0.15) is 81.3 Å². The van der Waals surface area contributed by atoms with Gasteiger partial charge in [-0.25, -0.2) is 13.2 Å². The van der Waals surface area contributed by atoms with Crippen LogP contribution in [-0.4, -0.2) is 216 Å². The third-order valence-corrected chi connectivity index (χ3v) is 23.4. The molecular weight excluding hydrogens is 1380 g/mol. The van der Waals surface area contributed by atoms with Crippen molar-refractivity contribution in [1.29, 1.82) is 0 Å². The summed E-state index contributed by atoms with van der Waals surface area (Å²) in [4.78, 5) is 36.8. The first kappa shape index (κ1) is 70.6. The zero-order valence-electron chi connectivity index (χ0n) is 53.6. The number of aliphatic hydroxyl groups excluding tert-OH is 4. The number of rotatable bonds is 22. The number of likely N-dealkylation sites (N-methyl/N-ethyl adjacent to an activating group) is 1. The van der Waals surface area contributed by atoms with Crippen LogP contribution in [0.15, 0.2) is 71.6 Å². The minimum absolute atomic E-state index is 0.0398. The monoisotopic (exact) mass is 1460 g/mol. The van der Waals surface area contributed by atoms with E-state index in [2.05, 4.69) is 34.5 Å². The zero-order chi connectivity index (χ0) is 67.0. The van der Waals surface area contributed by atoms with Crippen molar-refractivity contribution in [3.63, 3.8) is 0 Å². The number of halogens is 1. The summed E-state index contributed by atoms with van der Waals surface area (Å²) in [5.41, 5.74) is 1.22. The highest BCUT2D eigenvalue weighted by atomic mass is 127. The highest BCUT2D eigenvalue weighted by molar-refractivity contribution is 14.1. The number of anilines is 1. The van der Waals surface area contributed by atoms with E-state index in [0.29, 0.717) is 46.2 Å². The van der Waals surface area contributed by atoms with Gasteiger partial charge in [0.15, 0.2) is 40.2 Å². The average Bonchev–Trinajstić information content (AvgIpc) is 1.46. The molecule has 0 radical (unpaired) electrons. The number of ether oxygens (including phenoxy) is 13. The molecule has 0 unspecified atom stereocenters. The number of amides is 1. The van der Waals surface area contributed by atoms with Gasteiger partial charge in [0.2, 0.25) is 17.2 Å². The molecule has 1 saturated carbocycles. The molecule has 8 aliphatic rings. The standard InChI is InChI=1S/C66H82IN3O22S2/c1-10-68-41-33-84-46(32-44(41)79-6)89-57-52(73)50(69-91-47-31-43(71)59(38(5)86-47)93-60(75)48-35(2)49(67)55(58(82-9)54(48)80-7)90-61-53(74)56(81-8)51(72)37(4)88-61)36(3)87-62(57)85-34-64-26-19-12-11-16-25-45-65(28-20-27-64)66(64,92-65)40-23-17-18-24-42(40)70(45)63(76)83-29-30-94(77,78)39-21-14-13-15-22-39/h11-15,17-18,21-24,36-38,41,43-47,50-53,56-57,59,61-62,68-69,71-74H,10,20,27-34H2,1-9H3/b12-11-/t36-,37+,38-,41+,43+,44+,45-,46+,47+,50-,51+,52+,53-,56-,57-,59-,61+,62-,64-,65-,66-/m1/s1. The lowest BCUT2D eigenvalue weighted by atomic mass is 9.56. The van der Waals surface area contributed by atoms with Crippen molar-refractivity contribution in [1.82, 2.24) is 10.8 Å². The van der Waals surface area contributed by atoms with Gasteiger partial charge in [0.25, 0.3) is 0 Å². The molecule has 2 aliphatic carbocycles. The number of hydroxylamine groups is 1. The van der Waals surface area contributed by atoms with Crippen LogP contribution in [0.25, 0.3) is 0 Å². The lowest BCUT2D eigenvalue weighted by molar-refractivity contribution is -0.337. The summed E-state index contributed by atoms with van der Waals surface area (Å²) in [6.07, 6.45) is -10.5. The lowest BCUT2D eigenvalue weighted by Crippen LogP contribution is -2.65. The third kappa shape index (κ3) is 13.1. The fourth-order valence-corrected chi connectivity index (χ4v) is 17.1. The number of nitrogens with one attached hydrogen (secondary N) is 2. The number of epoxide rings is 1. The van der Waals surface area contributed by atoms with Gasteiger partial charge < -0.3 is 87.3 Å². The number of carbonyl (C=O) groups excluding carboxylic acids is 2. The van der Waals surface area contributed by atoms with Crippen molar-refractivity contribution < 1.29 is 105 Å². The topological polar surface area (TPSA) is 309 Å². The summed E-state index contributed by atoms with van der Waals surface area (Å²) in [6.45, 7) is 9.13. The maximum Gasteiger partial charge on any atom is 0.415 e. The van der Waals surface area contributed by atoms with Crippen LogP contribution >= 0.6 is 34.4 Å². The van der Waals surface area contributed by atoms with Crippen LogP contribution in [0.5, 0.6) is 17.2 Å². The van der Waals surface area contributed by atoms with Gasteiger partial charge in [-0.1, -0.05) is 78.8 Å². The van der Waals surface area contributed by atoms with Crippen molar-refractivity contribution in [3.05, 3.63) is 87.0 Å². The molecule has 11 rings (SSSR count). The first-order valence-corrected chi connectivity index (χ1v) is 35.1. The van der Waals surface area contributed by atoms with Crippen molar-refractivity contribution in [2.45, 2.75) is 192 Å². The SMILES string of the molecule is CCN[C@H]1CO[C@@H](O[C@H]2[C@H](OC[C@]34C#C/C=C\C#C[C@H]5N(C(=O)OCCS(=O)(=O)c6ccccc6)c6ccccc6[C@@]36O[C@]56CCC4)O[C@H](C)[C@@H](NO[C@H]3C[C@H](O)[C@H](SC(=O)c4c(C)c(I)c(O[C@@H]5O[C@@H](C)[C@H](O)[C@@H](OC)[C@H]5O)c(OC)c4OC)[C@@H](C)O3)[C@@H]2O)C[C@@H]1OC. The molecule has 5 saturated heterocycles. The summed E-state index contributed by atoms with van der Waals surface area (Å²) >= 11 is 2.86. The van der Waals surface area contributed by atoms with Gasteiger partial charge in [0, 0.05) is 32.6 Å². The summed E-state index contributed by atoms with van der Waals surface area (Å²) < 4.78 is 108. The third-order valence-electron chi connectivity index (χ3n) is 19.0. The molecule has 1 amide bonds. The van der Waals surface area contributed by atoms with Crippen LogP contribution in [0.3, 0.4) is 0 Å². The van der Waals surface area contributed by atoms with Crippen LogP contribution < -0.4 is 29.9 Å². The predicted octanol–water partition coefficient (Wildman–Crippen LogP) is 4.56. The largest absolute Gasteiger partial charge is 0.492 e. The maximum atomic E-state index is 14.5. The molecule has 512 valence electrons. The number of carbonyl (C=O) groups is 2. The predicted molar refractivity (Wildman–Crippen MR) is 346 cm³/mol. The molecule has 3 aromatic carbocycles. The molecule has 94 heavy (non-hydrogen) atoms. The summed E-state index contributed by atoms with van der Waals surface area (Å²) in [7, 11) is 1.94. The molecule has 6 heterocycles. The highest BCUT2D eigenvalue weighted by Gasteiger charge is 2.86. The molecule has 21 atom stereocenters. The summed E-state index contributed by atoms with van der Waals surface area (Å²) in [5, 5.41) is 48.3. The molecule has 28 heteroatoms. The van der Waals surface area contributed by atoms with E-state index in [1.165, 1.54) is 38.4 Å². The Balaban J connectivity index is 0.802. The molecule has 0 spiro atoms. The van der Waals surface area contributed by atoms with Crippen molar-refractivity contribution >= 4 is 61.1 Å². The summed E-state index contributed by atoms with van der Waals surface area (Å²) in [6, 6.07) is 13.2. The minimum atomic E-state index is -3.78. The Morgan fingerprint density at radius 1 is 0.830 bits per heavy atom. The Hall–Kier alpha value is -4.75. The molecule has 3 aromatic rings. The maximum absolute atomic E-state index is 14.5. The number of fused-ring (bicyclic) bond motifs is 1. The van der Waals surface area contributed by atoms with E-state index < -0.39 is 147 Å². The fourth-order valence-electron chi connectivity index (χ4n) is 14.2. The minimum Gasteiger partial charge on any atom is -0.492 e. The number of nitrogens with zero attached hydrogens (tertiary/aromatic N) is 1. The Morgan fingerprint density at radius 3 is 2.29 bits per heavy atom. The molecule has 0 aromatic heterocycles. The van der Waals surface area contributed by atoms with Crippen LogP contribution in [0, 0.1) is 39.6 Å². The van der Waals surface area contributed by atoms with Gasteiger partial charge in [-0.2, -0.15) is 5.48 Å². The molecular formula is C66H82IN3O22S2. The number of sulfone groups is 1. The van der Waals surface area contributed by atoms with E-state index in [9.17, 15) is 38.4 Å². The Morgan fingerprint density at radius 2 is 1.56 bits per heavy atom. The number of methoxy groups -OCH3 is 4. The number of benzene rings is 3. The molecule has 25 nitrogen and oxygen atoms in total. The van der Waals surface area contributed by atoms with Crippen LogP contribution in [0.2, 0.25) is 0 Å². The van der Waals surface area contributed by atoms with Gasteiger partial charge in [0.05, 0.1) is 106 Å². The first-order chi connectivity index (χ1) is 45.1. The van der Waals surface area contributed by atoms with Gasteiger partial charge in [-0.15, -0.1) is 0 Å². The molecule has 6 fully saturated rings. The fraction of sp³-hybridized carbons (Fsp3) is 0.606. The van der Waals surface area contributed by atoms with E-state index in [4.69, 9.17) is 66.4 Å². The number of aliphatic hydroxyl groups is 4. The number of allylic oxidation sites excluding steroid dienone is 2.